The van der Waals surface area contributed by atoms with E-state index in [1.165, 1.54) is 15.4 Å². The molecular formula is C22H30N2O3S. The van der Waals surface area contributed by atoms with Crippen LogP contribution in [0.3, 0.4) is 0 Å². The molecule has 0 radical (unpaired) electrons. The summed E-state index contributed by atoms with van der Waals surface area (Å²) < 4.78 is 26.0. The summed E-state index contributed by atoms with van der Waals surface area (Å²) in [5, 5.41) is 2.99. The van der Waals surface area contributed by atoms with Crippen LogP contribution in [0, 0.1) is 13.8 Å². The highest BCUT2D eigenvalue weighted by Crippen LogP contribution is 2.24. The summed E-state index contributed by atoms with van der Waals surface area (Å²) in [6, 6.07) is 13.3. The number of sulfonamides is 1. The predicted octanol–water partition coefficient (Wildman–Crippen LogP) is 3.90. The van der Waals surface area contributed by atoms with Crippen LogP contribution >= 0.6 is 0 Å². The van der Waals surface area contributed by atoms with E-state index in [0.29, 0.717) is 12.1 Å². The van der Waals surface area contributed by atoms with Crippen molar-refractivity contribution in [2.45, 2.75) is 46.6 Å². The van der Waals surface area contributed by atoms with E-state index in [9.17, 15) is 13.2 Å². The maximum atomic E-state index is 12.8. The summed E-state index contributed by atoms with van der Waals surface area (Å²) in [4.78, 5) is 12.8. The van der Waals surface area contributed by atoms with Gasteiger partial charge in [0.05, 0.1) is 18.0 Å². The van der Waals surface area contributed by atoms with Crippen LogP contribution < -0.4 is 9.62 Å². The molecule has 0 aliphatic carbocycles. The molecule has 2 aromatic carbocycles. The molecule has 1 amide bonds. The lowest BCUT2D eigenvalue weighted by molar-refractivity contribution is -0.120. The largest absolute Gasteiger partial charge is 0.348 e. The molecule has 1 atom stereocenters. The van der Waals surface area contributed by atoms with E-state index in [0.717, 1.165) is 23.8 Å². The number of aryl methyl sites for hydroxylation is 3. The van der Waals surface area contributed by atoms with Crippen LogP contribution in [0.2, 0.25) is 0 Å². The Morgan fingerprint density at radius 1 is 1.07 bits per heavy atom. The summed E-state index contributed by atoms with van der Waals surface area (Å²) in [5.74, 6) is -0.318. The standard InChI is InChI=1S/C22H30N2O3S/c1-6-18-10-8-9-11-21(18)24(28(5,26)27)15-22(25)23-20(7-2)19-13-12-16(3)17(4)14-19/h8-14,20H,6-7,15H2,1-5H3,(H,23,25)/t20-/m0/s1. The molecule has 0 aliphatic rings. The first kappa shape index (κ1) is 22.0. The van der Waals surface area contributed by atoms with Gasteiger partial charge < -0.3 is 5.32 Å². The van der Waals surface area contributed by atoms with E-state index in [1.54, 1.807) is 12.1 Å². The molecule has 2 rings (SSSR count). The summed E-state index contributed by atoms with van der Waals surface area (Å²) >= 11 is 0. The van der Waals surface area contributed by atoms with Crippen molar-refractivity contribution >= 4 is 21.6 Å². The quantitative estimate of drug-likeness (QED) is 0.728. The van der Waals surface area contributed by atoms with Crippen molar-refractivity contribution in [3.05, 3.63) is 64.7 Å². The number of nitrogens with one attached hydrogen (secondary N) is 1. The van der Waals surface area contributed by atoms with E-state index < -0.39 is 10.0 Å². The summed E-state index contributed by atoms with van der Waals surface area (Å²) in [7, 11) is -3.59. The van der Waals surface area contributed by atoms with Crippen LogP contribution in [0.5, 0.6) is 0 Å². The van der Waals surface area contributed by atoms with Gasteiger partial charge in [0, 0.05) is 0 Å². The molecule has 152 valence electrons. The topological polar surface area (TPSA) is 66.5 Å². The first-order valence-electron chi connectivity index (χ1n) is 9.59. The zero-order chi connectivity index (χ0) is 20.9. The SMILES string of the molecule is CCc1ccccc1N(CC(=O)N[C@@H](CC)c1ccc(C)c(C)c1)S(C)(=O)=O. The molecule has 6 heteroatoms. The highest BCUT2D eigenvalue weighted by Gasteiger charge is 2.24. The Kier molecular flexibility index (Phi) is 7.24. The average molecular weight is 403 g/mol. The second kappa shape index (κ2) is 9.24. The Morgan fingerprint density at radius 3 is 2.32 bits per heavy atom. The van der Waals surface area contributed by atoms with Gasteiger partial charge >= 0.3 is 0 Å². The molecule has 0 aliphatic heterocycles. The summed E-state index contributed by atoms with van der Waals surface area (Å²) in [5.41, 5.74) is 4.84. The van der Waals surface area contributed by atoms with E-state index in [1.807, 2.05) is 52.0 Å². The van der Waals surface area contributed by atoms with Crippen molar-refractivity contribution in [1.29, 1.82) is 0 Å². The normalized spacial score (nSPS) is 12.5. The minimum Gasteiger partial charge on any atom is -0.348 e. The van der Waals surface area contributed by atoms with Gasteiger partial charge in [-0.3, -0.25) is 9.10 Å². The number of rotatable bonds is 8. The van der Waals surface area contributed by atoms with Crippen molar-refractivity contribution in [3.63, 3.8) is 0 Å². The monoisotopic (exact) mass is 402 g/mol. The number of nitrogens with zero attached hydrogens (tertiary/aromatic N) is 1. The number of benzene rings is 2. The number of para-hydroxylation sites is 1. The third kappa shape index (κ3) is 5.35. The predicted molar refractivity (Wildman–Crippen MR) is 115 cm³/mol. The van der Waals surface area contributed by atoms with Gasteiger partial charge in [0.2, 0.25) is 15.9 Å². The maximum absolute atomic E-state index is 12.8. The number of hydrogen-bond donors (Lipinski definition) is 1. The molecule has 0 spiro atoms. The third-order valence-electron chi connectivity index (χ3n) is 5.01. The first-order valence-corrected chi connectivity index (χ1v) is 11.4. The summed E-state index contributed by atoms with van der Waals surface area (Å²) in [6.07, 6.45) is 2.54. The lowest BCUT2D eigenvalue weighted by Crippen LogP contribution is -2.41. The molecule has 0 aromatic heterocycles. The number of amides is 1. The van der Waals surface area contributed by atoms with Crippen molar-refractivity contribution in [2.24, 2.45) is 0 Å². The van der Waals surface area contributed by atoms with Crippen molar-refractivity contribution in [1.82, 2.24) is 5.32 Å². The summed E-state index contributed by atoms with van der Waals surface area (Å²) in [6.45, 7) is 7.82. The molecule has 0 bridgehead atoms. The highest BCUT2D eigenvalue weighted by atomic mass is 32.2. The molecule has 0 saturated heterocycles. The highest BCUT2D eigenvalue weighted by molar-refractivity contribution is 7.92. The van der Waals surface area contributed by atoms with Gasteiger partial charge in [0.1, 0.15) is 6.54 Å². The number of hydrogen-bond acceptors (Lipinski definition) is 3. The van der Waals surface area contributed by atoms with Crippen LogP contribution in [0.15, 0.2) is 42.5 Å². The minimum absolute atomic E-state index is 0.158. The molecule has 28 heavy (non-hydrogen) atoms. The van der Waals surface area contributed by atoms with E-state index in [-0.39, 0.29) is 18.5 Å². The molecule has 0 fully saturated rings. The molecule has 0 saturated carbocycles. The van der Waals surface area contributed by atoms with Crippen LogP contribution in [0.1, 0.15) is 48.6 Å². The van der Waals surface area contributed by atoms with Gasteiger partial charge in [-0.05, 0) is 55.0 Å². The Labute approximate surface area is 168 Å². The maximum Gasteiger partial charge on any atom is 0.241 e. The van der Waals surface area contributed by atoms with Crippen LogP contribution in [-0.4, -0.2) is 27.1 Å². The van der Waals surface area contributed by atoms with Crippen LogP contribution in [0.25, 0.3) is 0 Å². The number of carbonyl (C=O) groups excluding carboxylic acids is 1. The van der Waals surface area contributed by atoms with Crippen LogP contribution in [-0.2, 0) is 21.2 Å². The van der Waals surface area contributed by atoms with Gasteiger partial charge in [-0.15, -0.1) is 0 Å². The number of carbonyl (C=O) groups is 1. The first-order chi connectivity index (χ1) is 13.2. The fraction of sp³-hybridized carbons (Fsp3) is 0.409. The third-order valence-corrected chi connectivity index (χ3v) is 6.13. The second-order valence-electron chi connectivity index (χ2n) is 7.12. The van der Waals surface area contributed by atoms with Gasteiger partial charge in [-0.25, -0.2) is 8.42 Å². The average Bonchev–Trinajstić information content (AvgIpc) is 2.65. The smallest absolute Gasteiger partial charge is 0.241 e. The minimum atomic E-state index is -3.59. The van der Waals surface area contributed by atoms with Crippen LogP contribution in [0.4, 0.5) is 5.69 Å². The molecule has 0 unspecified atom stereocenters. The molecule has 0 heterocycles. The van der Waals surface area contributed by atoms with Crippen molar-refractivity contribution in [2.75, 3.05) is 17.1 Å². The van der Waals surface area contributed by atoms with Gasteiger partial charge in [-0.2, -0.15) is 0 Å². The van der Waals surface area contributed by atoms with E-state index in [4.69, 9.17) is 0 Å². The Morgan fingerprint density at radius 2 is 1.75 bits per heavy atom. The van der Waals surface area contributed by atoms with Gasteiger partial charge in [0.15, 0.2) is 0 Å². The second-order valence-corrected chi connectivity index (χ2v) is 9.03. The lowest BCUT2D eigenvalue weighted by Gasteiger charge is -2.26. The fourth-order valence-electron chi connectivity index (χ4n) is 3.21. The number of anilines is 1. The Hall–Kier alpha value is -2.34. The molecule has 5 nitrogen and oxygen atoms in total. The fourth-order valence-corrected chi connectivity index (χ4v) is 4.09. The van der Waals surface area contributed by atoms with Crippen molar-refractivity contribution in [3.8, 4) is 0 Å². The van der Waals surface area contributed by atoms with Gasteiger partial charge in [0.25, 0.3) is 0 Å². The van der Waals surface area contributed by atoms with E-state index >= 15 is 0 Å². The van der Waals surface area contributed by atoms with E-state index in [2.05, 4.69) is 11.4 Å². The Bertz CT molecular complexity index is 939. The van der Waals surface area contributed by atoms with Crippen molar-refractivity contribution < 1.29 is 13.2 Å². The molecule has 2 aromatic rings. The Balaban J connectivity index is 2.24. The lowest BCUT2D eigenvalue weighted by atomic mass is 9.99. The zero-order valence-electron chi connectivity index (χ0n) is 17.3. The molecular weight excluding hydrogens is 372 g/mol. The molecule has 1 N–H and O–H groups in total. The van der Waals surface area contributed by atoms with Gasteiger partial charge in [-0.1, -0.05) is 50.2 Å². The zero-order valence-corrected chi connectivity index (χ0v) is 18.1.